The molecule has 0 aromatic heterocycles. The quantitative estimate of drug-likeness (QED) is 0.726. The third-order valence-electron chi connectivity index (χ3n) is 3.43. The molecule has 0 saturated carbocycles. The first-order valence-electron chi connectivity index (χ1n) is 6.49. The van der Waals surface area contributed by atoms with E-state index in [0.29, 0.717) is 5.02 Å². The van der Waals surface area contributed by atoms with E-state index in [1.807, 2.05) is 25.1 Å². The van der Waals surface area contributed by atoms with Crippen LogP contribution < -0.4 is 5.32 Å². The molecular weight excluding hydrogens is 360 g/mol. The van der Waals surface area contributed by atoms with Crippen molar-refractivity contribution in [3.05, 3.63) is 68.2 Å². The molecule has 0 amide bonds. The van der Waals surface area contributed by atoms with Crippen molar-refractivity contribution in [2.24, 2.45) is 0 Å². The van der Waals surface area contributed by atoms with Gasteiger partial charge in [0.15, 0.2) is 0 Å². The van der Waals surface area contributed by atoms with Crippen molar-refractivity contribution < 1.29 is 8.78 Å². The van der Waals surface area contributed by atoms with Crippen LogP contribution in [0.25, 0.3) is 0 Å². The molecule has 2 aromatic rings. The van der Waals surface area contributed by atoms with Crippen LogP contribution in [0.15, 0.2) is 34.8 Å². The van der Waals surface area contributed by atoms with Gasteiger partial charge in [-0.1, -0.05) is 23.7 Å². The Kier molecular flexibility index (Phi) is 5.36. The van der Waals surface area contributed by atoms with Gasteiger partial charge in [-0.15, -0.1) is 0 Å². The third kappa shape index (κ3) is 3.62. The zero-order valence-corrected chi connectivity index (χ0v) is 14.0. The van der Waals surface area contributed by atoms with Gasteiger partial charge in [0, 0.05) is 16.6 Å². The highest BCUT2D eigenvalue weighted by molar-refractivity contribution is 9.10. The number of aryl methyl sites for hydroxylation is 1. The Balaban J connectivity index is 2.38. The lowest BCUT2D eigenvalue weighted by Gasteiger charge is -2.19. The van der Waals surface area contributed by atoms with Gasteiger partial charge in [0.2, 0.25) is 0 Å². The van der Waals surface area contributed by atoms with Gasteiger partial charge in [-0.05, 0) is 65.6 Å². The van der Waals surface area contributed by atoms with Crippen LogP contribution in [0.4, 0.5) is 8.78 Å². The molecule has 2 aromatic carbocycles. The second-order valence-corrected chi connectivity index (χ2v) is 6.15. The number of nitrogens with one attached hydrogen (secondary N) is 1. The Morgan fingerprint density at radius 2 is 1.95 bits per heavy atom. The molecule has 0 heterocycles. The van der Waals surface area contributed by atoms with E-state index in [1.54, 1.807) is 7.05 Å². The summed E-state index contributed by atoms with van der Waals surface area (Å²) < 4.78 is 28.2. The fraction of sp³-hybridized carbons (Fsp3) is 0.250. The van der Waals surface area contributed by atoms with Crippen LogP contribution in [-0.4, -0.2) is 7.05 Å². The lowest BCUT2D eigenvalue weighted by molar-refractivity contribution is 0.512. The van der Waals surface area contributed by atoms with E-state index < -0.39 is 11.6 Å². The maximum absolute atomic E-state index is 14.1. The summed E-state index contributed by atoms with van der Waals surface area (Å²) in [5, 5.41) is 3.66. The van der Waals surface area contributed by atoms with Crippen LogP contribution >= 0.6 is 27.5 Å². The average molecular weight is 375 g/mol. The lowest BCUT2D eigenvalue weighted by Crippen LogP contribution is -2.20. The highest BCUT2D eigenvalue weighted by Crippen LogP contribution is 2.30. The van der Waals surface area contributed by atoms with Crippen LogP contribution in [0, 0.1) is 18.6 Å². The summed E-state index contributed by atoms with van der Waals surface area (Å²) in [7, 11) is 1.74. The maximum atomic E-state index is 14.1. The van der Waals surface area contributed by atoms with Gasteiger partial charge in [0.1, 0.15) is 11.6 Å². The van der Waals surface area contributed by atoms with Crippen molar-refractivity contribution in [1.29, 1.82) is 0 Å². The molecular formula is C16H15BrClF2N. The van der Waals surface area contributed by atoms with E-state index in [9.17, 15) is 8.78 Å². The number of hydrogen-bond acceptors (Lipinski definition) is 1. The third-order valence-corrected chi connectivity index (χ3v) is 4.37. The molecule has 0 saturated heterocycles. The Morgan fingerprint density at radius 1 is 1.24 bits per heavy atom. The first-order valence-corrected chi connectivity index (χ1v) is 7.66. The van der Waals surface area contributed by atoms with Crippen molar-refractivity contribution in [3.63, 3.8) is 0 Å². The molecule has 0 bridgehead atoms. The SMILES string of the molecule is CNC(Cc1c(F)ccc(Br)c1F)c1ccc(C)cc1Cl. The Labute approximate surface area is 136 Å². The predicted octanol–water partition coefficient (Wildman–Crippen LogP) is 5.19. The number of hydrogen-bond donors (Lipinski definition) is 1. The van der Waals surface area contributed by atoms with Crippen molar-refractivity contribution in [3.8, 4) is 0 Å². The van der Waals surface area contributed by atoms with Crippen molar-refractivity contribution in [2.75, 3.05) is 7.05 Å². The minimum atomic E-state index is -0.571. The molecule has 1 unspecified atom stereocenters. The number of likely N-dealkylation sites (N-methyl/N-ethyl adjacent to an activating group) is 1. The Bertz CT molecular complexity index is 661. The fourth-order valence-electron chi connectivity index (χ4n) is 2.24. The largest absolute Gasteiger partial charge is 0.313 e. The van der Waals surface area contributed by atoms with Crippen molar-refractivity contribution in [2.45, 2.75) is 19.4 Å². The Morgan fingerprint density at radius 3 is 2.57 bits per heavy atom. The molecule has 112 valence electrons. The van der Waals surface area contributed by atoms with Gasteiger partial charge in [-0.25, -0.2) is 8.78 Å². The minimum absolute atomic E-state index is 0.0420. The topological polar surface area (TPSA) is 12.0 Å². The van der Waals surface area contributed by atoms with Crippen LogP contribution in [0.2, 0.25) is 5.02 Å². The van der Waals surface area contributed by atoms with Crippen LogP contribution in [0.5, 0.6) is 0 Å². The van der Waals surface area contributed by atoms with E-state index in [1.165, 1.54) is 12.1 Å². The zero-order chi connectivity index (χ0) is 15.6. The highest BCUT2D eigenvalue weighted by Gasteiger charge is 2.19. The monoisotopic (exact) mass is 373 g/mol. The standard InChI is InChI=1S/C16H15BrClF2N/c1-9-3-4-10(13(18)7-9)15(21-2)8-11-14(19)6-5-12(17)16(11)20/h3-7,15,21H,8H2,1-2H3. The van der Waals surface area contributed by atoms with Gasteiger partial charge in [-0.2, -0.15) is 0 Å². The lowest BCUT2D eigenvalue weighted by atomic mass is 9.97. The number of rotatable bonds is 4. The van der Waals surface area contributed by atoms with E-state index in [-0.39, 0.29) is 22.5 Å². The molecule has 1 N–H and O–H groups in total. The molecule has 0 radical (unpaired) electrons. The Hall–Kier alpha value is -0.970. The van der Waals surface area contributed by atoms with Crippen LogP contribution in [0.3, 0.4) is 0 Å². The van der Waals surface area contributed by atoms with Gasteiger partial charge in [-0.3, -0.25) is 0 Å². The molecule has 1 atom stereocenters. The summed E-state index contributed by atoms with van der Waals surface area (Å²) in [6, 6.07) is 8.00. The highest BCUT2D eigenvalue weighted by atomic mass is 79.9. The summed E-state index contributed by atoms with van der Waals surface area (Å²) in [6.45, 7) is 1.94. The van der Waals surface area contributed by atoms with Crippen LogP contribution in [0.1, 0.15) is 22.7 Å². The summed E-state index contributed by atoms with van der Waals surface area (Å²) >= 11 is 9.33. The fourth-order valence-corrected chi connectivity index (χ4v) is 2.98. The van der Waals surface area contributed by atoms with Gasteiger partial charge in [0.25, 0.3) is 0 Å². The maximum Gasteiger partial charge on any atom is 0.143 e. The van der Waals surface area contributed by atoms with Gasteiger partial charge in [0.05, 0.1) is 4.47 Å². The molecule has 0 fully saturated rings. The summed E-state index contributed by atoms with van der Waals surface area (Å²) in [6.07, 6.45) is 0.177. The van der Waals surface area contributed by atoms with E-state index in [4.69, 9.17) is 11.6 Å². The number of benzene rings is 2. The van der Waals surface area contributed by atoms with Crippen molar-refractivity contribution >= 4 is 27.5 Å². The summed E-state index contributed by atoms with van der Waals surface area (Å²) in [5.41, 5.74) is 1.90. The molecule has 2 rings (SSSR count). The second kappa shape index (κ2) is 6.86. The van der Waals surface area contributed by atoms with Gasteiger partial charge >= 0.3 is 0 Å². The predicted molar refractivity (Wildman–Crippen MR) is 85.8 cm³/mol. The average Bonchev–Trinajstić information content (AvgIpc) is 2.44. The van der Waals surface area contributed by atoms with Crippen LogP contribution in [-0.2, 0) is 6.42 Å². The van der Waals surface area contributed by atoms with E-state index in [2.05, 4.69) is 21.2 Å². The first kappa shape index (κ1) is 16.4. The number of halogens is 4. The molecule has 0 aliphatic carbocycles. The molecule has 5 heteroatoms. The second-order valence-electron chi connectivity index (χ2n) is 4.89. The minimum Gasteiger partial charge on any atom is -0.313 e. The molecule has 0 aliphatic heterocycles. The molecule has 1 nitrogen and oxygen atoms in total. The molecule has 21 heavy (non-hydrogen) atoms. The molecule has 0 spiro atoms. The van der Waals surface area contributed by atoms with Crippen molar-refractivity contribution in [1.82, 2.24) is 5.32 Å². The molecule has 0 aliphatic rings. The summed E-state index contributed by atoms with van der Waals surface area (Å²) in [5.74, 6) is -1.13. The van der Waals surface area contributed by atoms with E-state index >= 15 is 0 Å². The first-order chi connectivity index (χ1) is 9.93. The summed E-state index contributed by atoms with van der Waals surface area (Å²) in [4.78, 5) is 0. The normalized spacial score (nSPS) is 12.5. The van der Waals surface area contributed by atoms with E-state index in [0.717, 1.165) is 11.1 Å². The van der Waals surface area contributed by atoms with Gasteiger partial charge < -0.3 is 5.32 Å². The smallest absolute Gasteiger partial charge is 0.143 e. The zero-order valence-electron chi connectivity index (χ0n) is 11.7.